The van der Waals surface area contributed by atoms with Gasteiger partial charge in [0.05, 0.1) is 53.7 Å². The zero-order valence-electron chi connectivity index (χ0n) is 20.5. The molecule has 0 aliphatic rings. The highest BCUT2D eigenvalue weighted by Gasteiger charge is 2.17. The Morgan fingerprint density at radius 3 is 1.71 bits per heavy atom. The summed E-state index contributed by atoms with van der Waals surface area (Å²) >= 11 is 0. The van der Waals surface area contributed by atoms with Gasteiger partial charge in [0.1, 0.15) is 22.9 Å². The second kappa shape index (κ2) is 10.7. The van der Waals surface area contributed by atoms with E-state index in [0.29, 0.717) is 34.0 Å². The Kier molecular flexibility index (Phi) is 7.70. The molecule has 2 aromatic carbocycles. The lowest BCUT2D eigenvalue weighted by Gasteiger charge is -2.12. The van der Waals surface area contributed by atoms with Crippen LogP contribution in [-0.2, 0) is 14.1 Å². The highest BCUT2D eigenvalue weighted by atomic mass is 16.5. The average Bonchev–Trinajstić information content (AvgIpc) is 2.86. The maximum absolute atomic E-state index is 12.9. The first-order chi connectivity index (χ1) is 16.8. The number of benzene rings is 2. The van der Waals surface area contributed by atoms with Crippen LogP contribution in [-0.4, -0.2) is 43.2 Å². The molecule has 0 bridgehead atoms. The van der Waals surface area contributed by atoms with Crippen molar-refractivity contribution in [2.24, 2.45) is 14.1 Å². The maximum atomic E-state index is 12.9. The molecule has 3 rings (SSSR count). The van der Waals surface area contributed by atoms with E-state index in [1.165, 1.54) is 49.7 Å². The Bertz CT molecular complexity index is 1260. The summed E-state index contributed by atoms with van der Waals surface area (Å²) < 4.78 is 24.5. The van der Waals surface area contributed by atoms with Gasteiger partial charge in [-0.3, -0.25) is 0 Å². The molecule has 0 amide bonds. The van der Waals surface area contributed by atoms with Gasteiger partial charge in [-0.2, -0.15) is 13.9 Å². The summed E-state index contributed by atoms with van der Waals surface area (Å²) in [5.41, 5.74) is 1.99. The number of phenolic OH excluding ortho intramolecular Hbond substituents is 2. The predicted octanol–water partition coefficient (Wildman–Crippen LogP) is 3.00. The monoisotopic (exact) mass is 481 g/mol. The van der Waals surface area contributed by atoms with Gasteiger partial charge in [-0.25, -0.2) is 0 Å². The molecule has 0 atom stereocenters. The van der Waals surface area contributed by atoms with Gasteiger partial charge in [-0.05, 0) is 48.6 Å². The minimum atomic E-state index is -0.253. The van der Waals surface area contributed by atoms with Crippen molar-refractivity contribution in [2.45, 2.75) is 0 Å². The molecular weight excluding hydrogens is 452 g/mol. The SMILES string of the molecule is COc1ccc(O)c(OC)c1/C=C/c1cc(/C=C/c2c(OC)ccc(O)c2OC)[n+](C)c(=O)n1C. The van der Waals surface area contributed by atoms with Crippen LogP contribution in [0.25, 0.3) is 24.3 Å². The number of aromatic nitrogens is 2. The highest BCUT2D eigenvalue weighted by Crippen LogP contribution is 2.39. The molecule has 0 aliphatic carbocycles. The number of hydrogen-bond donors (Lipinski definition) is 2. The third-order valence-electron chi connectivity index (χ3n) is 5.60. The number of hydrogen-bond acceptors (Lipinski definition) is 7. The molecule has 2 N–H and O–H groups in total. The molecule has 9 nitrogen and oxygen atoms in total. The first kappa shape index (κ1) is 25.2. The molecule has 1 aromatic heterocycles. The van der Waals surface area contributed by atoms with Gasteiger partial charge in [0.15, 0.2) is 23.0 Å². The van der Waals surface area contributed by atoms with Crippen LogP contribution >= 0.6 is 0 Å². The van der Waals surface area contributed by atoms with Crippen molar-refractivity contribution >= 4 is 24.3 Å². The number of nitrogens with zero attached hydrogens (tertiary/aromatic N) is 2. The van der Waals surface area contributed by atoms with Crippen molar-refractivity contribution in [1.82, 2.24) is 4.57 Å². The van der Waals surface area contributed by atoms with Crippen molar-refractivity contribution in [3.8, 4) is 34.5 Å². The van der Waals surface area contributed by atoms with Gasteiger partial charge in [0, 0.05) is 6.07 Å². The number of aromatic hydroxyl groups is 2. The smallest absolute Gasteiger partial charge is 0.498 e. The van der Waals surface area contributed by atoms with Gasteiger partial charge < -0.3 is 29.2 Å². The van der Waals surface area contributed by atoms with Crippen LogP contribution in [0.2, 0.25) is 0 Å². The number of ether oxygens (including phenoxy) is 4. The highest BCUT2D eigenvalue weighted by molar-refractivity contribution is 5.79. The second-order valence-electron chi connectivity index (χ2n) is 7.53. The molecule has 0 saturated heterocycles. The summed E-state index contributed by atoms with van der Waals surface area (Å²) in [5, 5.41) is 20.3. The molecule has 3 aromatic rings. The molecule has 0 unspecified atom stereocenters. The van der Waals surface area contributed by atoms with Crippen molar-refractivity contribution < 1.29 is 33.7 Å². The molecule has 0 fully saturated rings. The van der Waals surface area contributed by atoms with Crippen molar-refractivity contribution in [3.63, 3.8) is 0 Å². The van der Waals surface area contributed by atoms with Gasteiger partial charge in [0.2, 0.25) is 0 Å². The molecule has 0 spiro atoms. The Hall–Kier alpha value is -4.40. The summed E-state index contributed by atoms with van der Waals surface area (Å²) in [4.78, 5) is 12.9. The largest absolute Gasteiger partial charge is 0.504 e. The quantitative estimate of drug-likeness (QED) is 0.477. The van der Waals surface area contributed by atoms with Crippen LogP contribution in [0.1, 0.15) is 22.5 Å². The molecule has 1 heterocycles. The fourth-order valence-electron chi connectivity index (χ4n) is 3.69. The molecule has 184 valence electrons. The van der Waals surface area contributed by atoms with E-state index in [1.807, 2.05) is 6.07 Å². The van der Waals surface area contributed by atoms with Crippen molar-refractivity contribution in [1.29, 1.82) is 0 Å². The van der Waals surface area contributed by atoms with E-state index in [4.69, 9.17) is 18.9 Å². The number of phenols is 2. The van der Waals surface area contributed by atoms with E-state index in [1.54, 1.807) is 50.5 Å². The first-order valence-corrected chi connectivity index (χ1v) is 10.6. The van der Waals surface area contributed by atoms with E-state index >= 15 is 0 Å². The van der Waals surface area contributed by atoms with E-state index in [2.05, 4.69) is 0 Å². The average molecular weight is 482 g/mol. The predicted molar refractivity (Wildman–Crippen MR) is 133 cm³/mol. The lowest BCUT2D eigenvalue weighted by Crippen LogP contribution is -2.53. The molecule has 9 heteroatoms. The molecule has 0 saturated carbocycles. The molecular formula is C26H29N2O7+. The minimum Gasteiger partial charge on any atom is -0.504 e. The second-order valence-corrected chi connectivity index (χ2v) is 7.53. The summed E-state index contributed by atoms with van der Waals surface area (Å²) in [6.45, 7) is 0. The fraction of sp³-hybridized carbons (Fsp3) is 0.231. The van der Waals surface area contributed by atoms with E-state index in [0.717, 1.165) is 0 Å². The van der Waals surface area contributed by atoms with Gasteiger partial charge in [0.25, 0.3) is 0 Å². The van der Waals surface area contributed by atoms with Gasteiger partial charge in [-0.1, -0.05) is 0 Å². The fourth-order valence-corrected chi connectivity index (χ4v) is 3.69. The number of rotatable bonds is 8. The summed E-state index contributed by atoms with van der Waals surface area (Å²) in [7, 11) is 9.28. The summed E-state index contributed by atoms with van der Waals surface area (Å²) in [6.07, 6.45) is 6.88. The standard InChI is InChI=1S/C26H28N2O7/c1-27-16(7-9-18-22(32-3)13-11-20(29)24(18)34-5)15-17(28(2)26(27)31)8-10-19-23(33-4)14-12-21(30)25(19)35-6/h7-15H,1-6H3,(H-,29,30)/p+1/b9-7+,10-8+. The zero-order chi connectivity index (χ0) is 25.7. The van der Waals surface area contributed by atoms with Crippen molar-refractivity contribution in [2.75, 3.05) is 28.4 Å². The van der Waals surface area contributed by atoms with Gasteiger partial charge in [-0.15, -0.1) is 0 Å². The third-order valence-corrected chi connectivity index (χ3v) is 5.60. The molecule has 0 aliphatic heterocycles. The Morgan fingerprint density at radius 2 is 1.26 bits per heavy atom. The minimum absolute atomic E-state index is 0.0288. The van der Waals surface area contributed by atoms with E-state index in [-0.39, 0.29) is 28.7 Å². The van der Waals surface area contributed by atoms with Gasteiger partial charge >= 0.3 is 5.69 Å². The Labute approximate surface area is 203 Å². The first-order valence-electron chi connectivity index (χ1n) is 10.6. The molecule has 35 heavy (non-hydrogen) atoms. The van der Waals surface area contributed by atoms with Crippen LogP contribution in [0.5, 0.6) is 34.5 Å². The van der Waals surface area contributed by atoms with E-state index < -0.39 is 0 Å². The van der Waals surface area contributed by atoms with Crippen LogP contribution in [0.4, 0.5) is 0 Å². The summed E-state index contributed by atoms with van der Waals surface area (Å²) in [5.74, 6) is 1.47. The molecule has 0 radical (unpaired) electrons. The van der Waals surface area contributed by atoms with E-state index in [9.17, 15) is 15.0 Å². The Balaban J connectivity index is 2.12. The lowest BCUT2D eigenvalue weighted by molar-refractivity contribution is -0.692. The van der Waals surface area contributed by atoms with Crippen LogP contribution in [0.3, 0.4) is 0 Å². The van der Waals surface area contributed by atoms with Crippen LogP contribution in [0, 0.1) is 0 Å². The Morgan fingerprint density at radius 1 is 0.771 bits per heavy atom. The lowest BCUT2D eigenvalue weighted by atomic mass is 10.1. The maximum Gasteiger partial charge on any atom is 0.498 e. The van der Waals surface area contributed by atoms with Crippen molar-refractivity contribution in [3.05, 3.63) is 63.3 Å². The topological polar surface area (TPSA) is 103 Å². The van der Waals surface area contributed by atoms with Crippen LogP contribution < -0.4 is 29.2 Å². The number of methoxy groups -OCH3 is 4. The normalized spacial score (nSPS) is 11.3. The third kappa shape index (κ3) is 4.93. The summed E-state index contributed by atoms with van der Waals surface area (Å²) in [6, 6.07) is 8.05. The van der Waals surface area contributed by atoms with Crippen LogP contribution in [0.15, 0.2) is 35.1 Å². The zero-order valence-corrected chi connectivity index (χ0v) is 20.5.